The molecule has 0 radical (unpaired) electrons. The summed E-state index contributed by atoms with van der Waals surface area (Å²) in [5.74, 6) is -3.33. The van der Waals surface area contributed by atoms with Crippen LogP contribution in [0.1, 0.15) is 6.42 Å². The Hall–Kier alpha value is -2.01. The molecule has 5 nitrogen and oxygen atoms in total. The normalized spacial score (nSPS) is 10.8. The molecule has 1 N–H and O–H groups in total. The van der Waals surface area contributed by atoms with Crippen LogP contribution >= 0.6 is 0 Å². The topological polar surface area (TPSA) is 87.0 Å². The van der Waals surface area contributed by atoms with Gasteiger partial charge in [-0.1, -0.05) is 0 Å². The van der Waals surface area contributed by atoms with E-state index in [1.165, 1.54) is 6.07 Å². The molecular formula is C10H8F2N2O3S. The van der Waals surface area contributed by atoms with Gasteiger partial charge in [0.15, 0.2) is 21.5 Å². The third-order valence-corrected chi connectivity index (χ3v) is 3.04. The fourth-order valence-corrected chi connectivity index (χ4v) is 1.77. The summed E-state index contributed by atoms with van der Waals surface area (Å²) < 4.78 is 49.1. The average molecular weight is 274 g/mol. The van der Waals surface area contributed by atoms with Crippen molar-refractivity contribution in [1.29, 1.82) is 5.26 Å². The molecule has 0 spiro atoms. The number of hydrogen-bond donors (Lipinski definition) is 1. The third kappa shape index (κ3) is 3.24. The molecule has 1 rings (SSSR count). The fraction of sp³-hybridized carbons (Fsp3) is 0.200. The molecule has 18 heavy (non-hydrogen) atoms. The Morgan fingerprint density at radius 2 is 1.89 bits per heavy atom. The van der Waals surface area contributed by atoms with E-state index in [9.17, 15) is 22.0 Å². The smallest absolute Gasteiger partial charge is 0.238 e. The van der Waals surface area contributed by atoms with E-state index in [0.717, 1.165) is 6.26 Å². The molecule has 0 unspecified atom stereocenters. The Morgan fingerprint density at radius 1 is 1.39 bits per heavy atom. The van der Waals surface area contributed by atoms with Gasteiger partial charge in [0.2, 0.25) is 5.91 Å². The van der Waals surface area contributed by atoms with Crippen LogP contribution in [0.3, 0.4) is 0 Å². The lowest BCUT2D eigenvalue weighted by atomic mass is 10.2. The van der Waals surface area contributed by atoms with Crippen molar-refractivity contribution in [2.75, 3.05) is 11.6 Å². The van der Waals surface area contributed by atoms with E-state index in [2.05, 4.69) is 0 Å². The molecule has 96 valence electrons. The number of halogens is 2. The SMILES string of the molecule is CS(=O)(=O)c1cc(F)c(NC(=O)CC#N)c(F)c1. The summed E-state index contributed by atoms with van der Waals surface area (Å²) in [5, 5.41) is 10.1. The highest BCUT2D eigenvalue weighted by molar-refractivity contribution is 7.90. The summed E-state index contributed by atoms with van der Waals surface area (Å²) in [4.78, 5) is 10.5. The molecule has 0 aromatic heterocycles. The maximum atomic E-state index is 13.4. The highest BCUT2D eigenvalue weighted by Crippen LogP contribution is 2.23. The number of nitrogens with zero attached hydrogens (tertiary/aromatic N) is 1. The number of amides is 1. The lowest BCUT2D eigenvalue weighted by molar-refractivity contribution is -0.115. The first-order valence-corrected chi connectivity index (χ1v) is 6.50. The van der Waals surface area contributed by atoms with Crippen molar-refractivity contribution in [3.63, 3.8) is 0 Å². The molecule has 0 saturated heterocycles. The fourth-order valence-electron chi connectivity index (χ4n) is 1.14. The van der Waals surface area contributed by atoms with Gasteiger partial charge in [0, 0.05) is 6.26 Å². The molecule has 1 aromatic carbocycles. The maximum absolute atomic E-state index is 13.4. The van der Waals surface area contributed by atoms with Crippen molar-refractivity contribution in [1.82, 2.24) is 0 Å². The van der Waals surface area contributed by atoms with Crippen LogP contribution in [-0.2, 0) is 14.6 Å². The molecular weight excluding hydrogens is 266 g/mol. The summed E-state index contributed by atoms with van der Waals surface area (Å²) in [6.07, 6.45) is 0.238. The van der Waals surface area contributed by atoms with Crippen molar-refractivity contribution < 1.29 is 22.0 Å². The minimum Gasteiger partial charge on any atom is -0.320 e. The van der Waals surface area contributed by atoms with Crippen LogP contribution in [0.25, 0.3) is 0 Å². The van der Waals surface area contributed by atoms with Crippen molar-refractivity contribution >= 4 is 21.4 Å². The third-order valence-electron chi connectivity index (χ3n) is 1.95. The Bertz CT molecular complexity index is 612. The zero-order valence-electron chi connectivity index (χ0n) is 9.20. The van der Waals surface area contributed by atoms with E-state index >= 15 is 0 Å². The predicted octanol–water partition coefficient (Wildman–Crippen LogP) is 1.22. The van der Waals surface area contributed by atoms with Crippen LogP contribution in [0.15, 0.2) is 17.0 Å². The summed E-state index contributed by atoms with van der Waals surface area (Å²) in [6.45, 7) is 0. The van der Waals surface area contributed by atoms with Crippen LogP contribution < -0.4 is 5.32 Å². The monoisotopic (exact) mass is 274 g/mol. The number of carbonyl (C=O) groups is 1. The van der Waals surface area contributed by atoms with Crippen molar-refractivity contribution in [3.8, 4) is 6.07 Å². The lowest BCUT2D eigenvalue weighted by Crippen LogP contribution is -2.13. The number of carbonyl (C=O) groups excluding carboxylic acids is 1. The van der Waals surface area contributed by atoms with Gasteiger partial charge in [0.05, 0.1) is 11.0 Å². The van der Waals surface area contributed by atoms with Crippen LogP contribution in [0, 0.1) is 23.0 Å². The number of sulfone groups is 1. The zero-order chi connectivity index (χ0) is 13.9. The molecule has 8 heteroatoms. The van der Waals surface area contributed by atoms with Crippen molar-refractivity contribution in [3.05, 3.63) is 23.8 Å². The molecule has 0 aliphatic rings. The highest BCUT2D eigenvalue weighted by atomic mass is 32.2. The van der Waals surface area contributed by atoms with E-state index in [1.807, 2.05) is 5.32 Å². The van der Waals surface area contributed by atoms with Crippen LogP contribution in [0.4, 0.5) is 14.5 Å². The summed E-state index contributed by atoms with van der Waals surface area (Å²) in [5.41, 5.74) is -0.775. The lowest BCUT2D eigenvalue weighted by Gasteiger charge is -2.07. The standard InChI is InChI=1S/C10H8F2N2O3S/c1-18(16,17)6-4-7(11)10(8(12)5-6)14-9(15)2-3-13/h4-5H,2H2,1H3,(H,14,15). The number of nitriles is 1. The van der Waals surface area contributed by atoms with Gasteiger partial charge in [-0.2, -0.15) is 5.26 Å². The molecule has 0 bridgehead atoms. The van der Waals surface area contributed by atoms with Gasteiger partial charge in [-0.3, -0.25) is 4.79 Å². The predicted molar refractivity (Wildman–Crippen MR) is 58.3 cm³/mol. The van der Waals surface area contributed by atoms with Crippen LogP contribution in [-0.4, -0.2) is 20.6 Å². The minimum atomic E-state index is -3.75. The number of hydrogen-bond acceptors (Lipinski definition) is 4. The van der Waals surface area contributed by atoms with E-state index < -0.39 is 44.4 Å². The molecule has 0 aliphatic carbocycles. The van der Waals surface area contributed by atoms with Crippen LogP contribution in [0.5, 0.6) is 0 Å². The second-order valence-electron chi connectivity index (χ2n) is 3.42. The molecule has 0 atom stereocenters. The highest BCUT2D eigenvalue weighted by Gasteiger charge is 2.17. The number of anilines is 1. The average Bonchev–Trinajstić information content (AvgIpc) is 2.22. The van der Waals surface area contributed by atoms with Gasteiger partial charge >= 0.3 is 0 Å². The molecule has 0 fully saturated rings. The van der Waals surface area contributed by atoms with Gasteiger partial charge < -0.3 is 5.32 Å². The quantitative estimate of drug-likeness (QED) is 0.897. The minimum absolute atomic E-state index is 0.532. The summed E-state index contributed by atoms with van der Waals surface area (Å²) >= 11 is 0. The van der Waals surface area contributed by atoms with Crippen LogP contribution in [0.2, 0.25) is 0 Å². The van der Waals surface area contributed by atoms with Gasteiger partial charge in [0.25, 0.3) is 0 Å². The van der Waals surface area contributed by atoms with E-state index in [-0.39, 0.29) is 0 Å². The number of rotatable bonds is 3. The van der Waals surface area contributed by atoms with E-state index in [1.54, 1.807) is 0 Å². The second kappa shape index (κ2) is 5.10. The van der Waals surface area contributed by atoms with E-state index in [4.69, 9.17) is 5.26 Å². The number of nitrogens with one attached hydrogen (secondary N) is 1. The first kappa shape index (κ1) is 14.1. The Kier molecular flexibility index (Phi) is 3.98. The molecule has 0 saturated carbocycles. The Balaban J connectivity index is 3.18. The molecule has 0 heterocycles. The van der Waals surface area contributed by atoms with Crippen molar-refractivity contribution in [2.45, 2.75) is 11.3 Å². The van der Waals surface area contributed by atoms with E-state index in [0.29, 0.717) is 12.1 Å². The Labute approximate surface area is 102 Å². The van der Waals surface area contributed by atoms with Gasteiger partial charge in [-0.25, -0.2) is 17.2 Å². The number of benzene rings is 1. The first-order valence-electron chi connectivity index (χ1n) is 4.61. The maximum Gasteiger partial charge on any atom is 0.238 e. The first-order chi connectivity index (χ1) is 8.25. The summed E-state index contributed by atoms with van der Waals surface area (Å²) in [6, 6.07) is 2.70. The van der Waals surface area contributed by atoms with Gasteiger partial charge in [-0.05, 0) is 12.1 Å². The zero-order valence-corrected chi connectivity index (χ0v) is 10.0. The largest absolute Gasteiger partial charge is 0.320 e. The second-order valence-corrected chi connectivity index (χ2v) is 5.43. The van der Waals surface area contributed by atoms with Crippen molar-refractivity contribution in [2.24, 2.45) is 0 Å². The molecule has 1 amide bonds. The van der Waals surface area contributed by atoms with Gasteiger partial charge in [0.1, 0.15) is 12.1 Å². The molecule has 0 aliphatic heterocycles. The molecule has 1 aromatic rings. The Morgan fingerprint density at radius 3 is 2.28 bits per heavy atom. The van der Waals surface area contributed by atoms with Gasteiger partial charge in [-0.15, -0.1) is 0 Å². The summed E-state index contributed by atoms with van der Waals surface area (Å²) in [7, 11) is -3.75.